The Bertz CT molecular complexity index is 1110. The van der Waals surface area contributed by atoms with Crippen molar-refractivity contribution in [1.29, 1.82) is 0 Å². The van der Waals surface area contributed by atoms with Crippen LogP contribution in [0.15, 0.2) is 81.6 Å². The normalized spacial score (nSPS) is 13.0. The minimum absolute atomic E-state index is 0.256. The molecular weight excluding hydrogens is 411 g/mol. The SMILES string of the molecule is O=C(NCCC(F)(F)F)c1ccc2c(c1)N=C(c1ccccn1)c1ccccc1S2. The van der Waals surface area contributed by atoms with Gasteiger partial charge in [-0.25, -0.2) is 4.99 Å². The monoisotopic (exact) mass is 427 g/mol. The van der Waals surface area contributed by atoms with Gasteiger partial charge < -0.3 is 5.32 Å². The number of hydrogen-bond donors (Lipinski definition) is 1. The van der Waals surface area contributed by atoms with E-state index in [1.54, 1.807) is 24.4 Å². The molecule has 152 valence electrons. The van der Waals surface area contributed by atoms with E-state index < -0.39 is 25.0 Å². The van der Waals surface area contributed by atoms with Crippen molar-refractivity contribution in [3.8, 4) is 0 Å². The van der Waals surface area contributed by atoms with Crippen LogP contribution in [0.25, 0.3) is 0 Å². The highest BCUT2D eigenvalue weighted by atomic mass is 32.2. The molecule has 0 spiro atoms. The number of nitrogens with one attached hydrogen (secondary N) is 1. The van der Waals surface area contributed by atoms with E-state index in [9.17, 15) is 18.0 Å². The maximum absolute atomic E-state index is 12.3. The number of benzene rings is 2. The van der Waals surface area contributed by atoms with Gasteiger partial charge in [0.1, 0.15) is 0 Å². The van der Waals surface area contributed by atoms with Gasteiger partial charge in [0.25, 0.3) is 5.91 Å². The summed E-state index contributed by atoms with van der Waals surface area (Å²) in [4.78, 5) is 23.4. The van der Waals surface area contributed by atoms with Crippen molar-refractivity contribution in [3.63, 3.8) is 0 Å². The fraction of sp³-hybridized carbons (Fsp3) is 0.136. The number of aliphatic imine (C=N–C) groups is 1. The summed E-state index contributed by atoms with van der Waals surface area (Å²) in [6.45, 7) is -0.470. The van der Waals surface area contributed by atoms with Gasteiger partial charge in [0.2, 0.25) is 0 Å². The number of fused-ring (bicyclic) bond motifs is 2. The predicted octanol–water partition coefficient (Wildman–Crippen LogP) is 5.40. The van der Waals surface area contributed by atoms with Crippen molar-refractivity contribution in [3.05, 3.63) is 83.7 Å². The van der Waals surface area contributed by atoms with Crippen LogP contribution >= 0.6 is 11.8 Å². The van der Waals surface area contributed by atoms with Crippen LogP contribution in [0.4, 0.5) is 18.9 Å². The molecule has 0 unspecified atom stereocenters. The summed E-state index contributed by atoms with van der Waals surface area (Å²) in [5.74, 6) is -0.566. The van der Waals surface area contributed by atoms with E-state index in [-0.39, 0.29) is 5.56 Å². The Kier molecular flexibility index (Phi) is 5.59. The van der Waals surface area contributed by atoms with Gasteiger partial charge in [-0.05, 0) is 36.4 Å². The lowest BCUT2D eigenvalue weighted by Crippen LogP contribution is -2.27. The molecule has 2 aromatic carbocycles. The smallest absolute Gasteiger partial charge is 0.352 e. The molecule has 0 bridgehead atoms. The van der Waals surface area contributed by atoms with Crippen molar-refractivity contribution in [2.75, 3.05) is 6.54 Å². The lowest BCUT2D eigenvalue weighted by Gasteiger charge is -2.09. The third-order valence-electron chi connectivity index (χ3n) is 4.42. The van der Waals surface area contributed by atoms with Crippen molar-refractivity contribution in [1.82, 2.24) is 10.3 Å². The zero-order valence-corrected chi connectivity index (χ0v) is 16.4. The van der Waals surface area contributed by atoms with Crippen LogP contribution in [0.5, 0.6) is 0 Å². The summed E-state index contributed by atoms with van der Waals surface area (Å²) in [6.07, 6.45) is -3.70. The van der Waals surface area contributed by atoms with Gasteiger partial charge in [0, 0.05) is 33.7 Å². The number of alkyl halides is 3. The van der Waals surface area contributed by atoms with E-state index in [2.05, 4.69) is 10.3 Å². The Balaban J connectivity index is 1.70. The molecule has 1 aliphatic rings. The maximum Gasteiger partial charge on any atom is 0.390 e. The Morgan fingerprint density at radius 2 is 1.80 bits per heavy atom. The highest BCUT2D eigenvalue weighted by molar-refractivity contribution is 7.99. The molecule has 8 heteroatoms. The quantitative estimate of drug-likeness (QED) is 0.475. The number of carbonyl (C=O) groups is 1. The predicted molar refractivity (Wildman–Crippen MR) is 110 cm³/mol. The molecular formula is C22H16F3N3OS. The second-order valence-corrected chi connectivity index (χ2v) is 7.66. The Hall–Kier alpha value is -3.13. The molecule has 0 saturated heterocycles. The van der Waals surface area contributed by atoms with Crippen LogP contribution in [-0.4, -0.2) is 29.3 Å². The first-order valence-electron chi connectivity index (χ1n) is 9.17. The number of aromatic nitrogens is 1. The van der Waals surface area contributed by atoms with Crippen LogP contribution < -0.4 is 5.32 Å². The number of pyridine rings is 1. The minimum atomic E-state index is -4.31. The lowest BCUT2D eigenvalue weighted by atomic mass is 10.1. The molecule has 1 amide bonds. The van der Waals surface area contributed by atoms with E-state index in [1.165, 1.54) is 11.8 Å². The molecule has 0 aliphatic carbocycles. The van der Waals surface area contributed by atoms with Gasteiger partial charge in [-0.2, -0.15) is 13.2 Å². The number of halogens is 3. The van der Waals surface area contributed by atoms with E-state index in [4.69, 9.17) is 4.99 Å². The van der Waals surface area contributed by atoms with Crippen LogP contribution in [0.3, 0.4) is 0 Å². The number of amides is 1. The van der Waals surface area contributed by atoms with Crippen molar-refractivity contribution in [2.24, 2.45) is 4.99 Å². The molecule has 1 aliphatic heterocycles. The Morgan fingerprint density at radius 3 is 2.57 bits per heavy atom. The largest absolute Gasteiger partial charge is 0.390 e. The first-order valence-corrected chi connectivity index (χ1v) is 9.99. The highest BCUT2D eigenvalue weighted by Crippen LogP contribution is 2.41. The van der Waals surface area contributed by atoms with Crippen molar-refractivity contribution < 1.29 is 18.0 Å². The molecule has 3 aromatic rings. The van der Waals surface area contributed by atoms with Gasteiger partial charge in [0.05, 0.1) is 23.5 Å². The first-order chi connectivity index (χ1) is 14.4. The summed E-state index contributed by atoms with van der Waals surface area (Å²) in [5, 5.41) is 2.31. The van der Waals surface area contributed by atoms with Gasteiger partial charge >= 0.3 is 6.18 Å². The van der Waals surface area contributed by atoms with E-state index in [0.29, 0.717) is 17.1 Å². The van der Waals surface area contributed by atoms with Gasteiger partial charge in [0.15, 0.2) is 0 Å². The average molecular weight is 427 g/mol. The summed E-state index contributed by atoms with van der Waals surface area (Å²) in [5.41, 5.74) is 3.12. The molecule has 4 nitrogen and oxygen atoms in total. The molecule has 2 heterocycles. The topological polar surface area (TPSA) is 54.4 Å². The second-order valence-electron chi connectivity index (χ2n) is 6.58. The van der Waals surface area contributed by atoms with Gasteiger partial charge in [-0.15, -0.1) is 0 Å². The van der Waals surface area contributed by atoms with Gasteiger partial charge in [-0.1, -0.05) is 36.0 Å². The number of nitrogens with zero attached hydrogens (tertiary/aromatic N) is 2. The van der Waals surface area contributed by atoms with Gasteiger partial charge in [-0.3, -0.25) is 9.78 Å². The number of rotatable bonds is 4. The number of hydrogen-bond acceptors (Lipinski definition) is 4. The Morgan fingerprint density at radius 1 is 1.00 bits per heavy atom. The summed E-state index contributed by atoms with van der Waals surface area (Å²) in [6, 6.07) is 18.3. The van der Waals surface area contributed by atoms with Crippen molar-refractivity contribution in [2.45, 2.75) is 22.4 Å². The molecule has 0 atom stereocenters. The summed E-state index contributed by atoms with van der Waals surface area (Å²) in [7, 11) is 0. The van der Waals surface area contributed by atoms with E-state index in [1.807, 2.05) is 42.5 Å². The van der Waals surface area contributed by atoms with E-state index in [0.717, 1.165) is 15.4 Å². The molecule has 30 heavy (non-hydrogen) atoms. The first kappa shape index (κ1) is 20.2. The second kappa shape index (κ2) is 8.31. The molecule has 0 radical (unpaired) electrons. The summed E-state index contributed by atoms with van der Waals surface area (Å²) >= 11 is 1.52. The van der Waals surface area contributed by atoms with Crippen molar-refractivity contribution >= 4 is 29.1 Å². The maximum atomic E-state index is 12.3. The third-order valence-corrected chi connectivity index (χ3v) is 5.56. The zero-order chi connectivity index (χ0) is 21.1. The Labute approximate surface area is 175 Å². The van der Waals surface area contributed by atoms with Crippen LogP contribution in [-0.2, 0) is 0 Å². The fourth-order valence-corrected chi connectivity index (χ4v) is 4.00. The number of carbonyl (C=O) groups excluding carboxylic acids is 1. The molecule has 0 saturated carbocycles. The summed E-state index contributed by atoms with van der Waals surface area (Å²) < 4.78 is 37.0. The van der Waals surface area contributed by atoms with Crippen LogP contribution in [0.2, 0.25) is 0 Å². The fourth-order valence-electron chi connectivity index (χ4n) is 3.00. The molecule has 0 fully saturated rings. The van der Waals surface area contributed by atoms with Crippen LogP contribution in [0, 0.1) is 0 Å². The zero-order valence-electron chi connectivity index (χ0n) is 15.6. The minimum Gasteiger partial charge on any atom is -0.352 e. The van der Waals surface area contributed by atoms with E-state index >= 15 is 0 Å². The molecule has 1 N–H and O–H groups in total. The molecule has 4 rings (SSSR count). The highest BCUT2D eigenvalue weighted by Gasteiger charge is 2.27. The molecule has 1 aromatic heterocycles. The van der Waals surface area contributed by atoms with Crippen LogP contribution in [0.1, 0.15) is 28.0 Å². The standard InChI is InChI=1S/C22H16F3N3OS/c23-22(24,25)10-12-27-21(29)14-8-9-19-17(13-14)28-20(16-6-3-4-11-26-16)15-5-1-2-7-18(15)30-19/h1-9,11,13H,10,12H2,(H,27,29). The average Bonchev–Trinajstić information content (AvgIpc) is 2.89. The third kappa shape index (κ3) is 4.54. The lowest BCUT2D eigenvalue weighted by molar-refractivity contribution is -0.132.